The number of rotatable bonds is 7. The third kappa shape index (κ3) is 4.48. The van der Waals surface area contributed by atoms with E-state index < -0.39 is 0 Å². The third-order valence-electron chi connectivity index (χ3n) is 4.91. The highest BCUT2D eigenvalue weighted by atomic mass is 79.9. The molecule has 1 saturated heterocycles. The zero-order valence-electron chi connectivity index (χ0n) is 17.0. The molecular weight excluding hydrogens is 466 g/mol. The molecule has 7 nitrogen and oxygen atoms in total. The van der Waals surface area contributed by atoms with Gasteiger partial charge in [0.25, 0.3) is 0 Å². The molecule has 1 aliphatic rings. The number of hydrogen-bond donors (Lipinski definition) is 1. The number of nitrogens with zero attached hydrogens (tertiary/aromatic N) is 4. The summed E-state index contributed by atoms with van der Waals surface area (Å²) in [6.07, 6.45) is 6.72. The van der Waals surface area contributed by atoms with Crippen molar-refractivity contribution in [3.63, 3.8) is 0 Å². The molecule has 1 atom stereocenters. The van der Waals surface area contributed by atoms with Crippen molar-refractivity contribution in [3.05, 3.63) is 46.6 Å². The van der Waals surface area contributed by atoms with Crippen LogP contribution in [-0.4, -0.2) is 39.7 Å². The Morgan fingerprint density at radius 2 is 2.10 bits per heavy atom. The van der Waals surface area contributed by atoms with Crippen molar-refractivity contribution in [2.45, 2.75) is 37.3 Å². The lowest BCUT2D eigenvalue weighted by atomic mass is 10.1. The first kappa shape index (κ1) is 21.1. The van der Waals surface area contributed by atoms with Crippen molar-refractivity contribution < 1.29 is 9.47 Å². The first-order chi connectivity index (χ1) is 14.7. The van der Waals surface area contributed by atoms with Crippen molar-refractivity contribution in [2.75, 3.05) is 25.2 Å². The second-order valence-corrected chi connectivity index (χ2v) is 8.50. The highest BCUT2D eigenvalue weighted by Gasteiger charge is 2.27. The third-order valence-corrected chi connectivity index (χ3v) is 6.04. The molecule has 0 spiro atoms. The first-order valence-electron chi connectivity index (χ1n) is 9.86. The van der Waals surface area contributed by atoms with Crippen LogP contribution in [0.15, 0.2) is 46.2 Å². The van der Waals surface area contributed by atoms with Gasteiger partial charge in [-0.1, -0.05) is 42.1 Å². The number of hydrogen-bond acceptors (Lipinski definition) is 7. The van der Waals surface area contributed by atoms with E-state index in [0.29, 0.717) is 23.5 Å². The monoisotopic (exact) mass is 489 g/mol. The number of thioether (sulfide) groups is 1. The minimum absolute atomic E-state index is 0.119. The topological polar surface area (TPSA) is 74.1 Å². The second-order valence-electron chi connectivity index (χ2n) is 6.87. The maximum Gasteiger partial charge on any atom is 0.229 e. The molecule has 2 aromatic heterocycles. The molecule has 1 aliphatic heterocycles. The maximum atomic E-state index is 6.22. The number of nitrogens with one attached hydrogen (secondary N) is 1. The van der Waals surface area contributed by atoms with Crippen molar-refractivity contribution in [3.8, 4) is 17.1 Å². The average Bonchev–Trinajstić information content (AvgIpc) is 3.19. The van der Waals surface area contributed by atoms with Crippen LogP contribution in [0.1, 0.15) is 31.1 Å². The molecule has 0 aliphatic carbocycles. The number of benzene rings is 1. The molecule has 1 aromatic carbocycles. The Balaban J connectivity index is 1.79. The van der Waals surface area contributed by atoms with E-state index in [2.05, 4.69) is 36.3 Å². The summed E-state index contributed by atoms with van der Waals surface area (Å²) in [7, 11) is 1.85. The summed E-state index contributed by atoms with van der Waals surface area (Å²) in [6, 6.07) is 10.1. The molecule has 0 radical (unpaired) electrons. The van der Waals surface area contributed by atoms with Gasteiger partial charge in [-0.05, 0) is 47.0 Å². The highest BCUT2D eigenvalue weighted by Crippen LogP contribution is 2.42. The fraction of sp³-hybridized carbons (Fsp3) is 0.381. The Kier molecular flexibility index (Phi) is 6.91. The van der Waals surface area contributed by atoms with E-state index in [9.17, 15) is 0 Å². The standard InChI is InChI=1S/C21H24BrN5O2S/c1-23-19-17(18-15(22)12-24-27(18)16-10-6-7-11-28-16)20(26-21(25-19)30-2)29-13-14-8-4-3-5-9-14/h3-5,8-9,12,16H,6-7,10-11,13H2,1-2H3,(H,23,25,26). The van der Waals surface area contributed by atoms with Crippen molar-refractivity contribution in [2.24, 2.45) is 0 Å². The lowest BCUT2D eigenvalue weighted by Gasteiger charge is -2.25. The fourth-order valence-corrected chi connectivity index (χ4v) is 4.27. The van der Waals surface area contributed by atoms with E-state index in [-0.39, 0.29) is 6.23 Å². The molecular formula is C21H24BrN5O2S. The van der Waals surface area contributed by atoms with Crippen LogP contribution >= 0.6 is 27.7 Å². The van der Waals surface area contributed by atoms with Gasteiger partial charge in [-0.25, -0.2) is 9.67 Å². The Labute approximate surface area is 188 Å². The predicted octanol–water partition coefficient (Wildman–Crippen LogP) is 5.14. The number of anilines is 1. The van der Waals surface area contributed by atoms with Crippen LogP contribution in [0.3, 0.4) is 0 Å². The predicted molar refractivity (Wildman–Crippen MR) is 122 cm³/mol. The summed E-state index contributed by atoms with van der Waals surface area (Å²) in [5, 5.41) is 8.44. The maximum absolute atomic E-state index is 6.22. The van der Waals surface area contributed by atoms with Crippen molar-refractivity contribution in [1.29, 1.82) is 0 Å². The van der Waals surface area contributed by atoms with Gasteiger partial charge in [0.15, 0.2) is 11.4 Å². The van der Waals surface area contributed by atoms with Crippen LogP contribution in [0.25, 0.3) is 11.3 Å². The van der Waals surface area contributed by atoms with Crippen molar-refractivity contribution >= 4 is 33.5 Å². The minimum Gasteiger partial charge on any atom is -0.472 e. The SMILES string of the molecule is CNc1nc(SC)nc(OCc2ccccc2)c1-c1c(Br)cnn1C1CCCCO1. The average molecular weight is 490 g/mol. The molecule has 3 aromatic rings. The minimum atomic E-state index is -0.119. The molecule has 0 bridgehead atoms. The Bertz CT molecular complexity index is 993. The molecule has 30 heavy (non-hydrogen) atoms. The quantitative estimate of drug-likeness (QED) is 0.363. The number of ether oxygens (including phenoxy) is 2. The van der Waals surface area contributed by atoms with Crippen LogP contribution in [-0.2, 0) is 11.3 Å². The summed E-state index contributed by atoms with van der Waals surface area (Å²) in [4.78, 5) is 9.35. The molecule has 9 heteroatoms. The van der Waals surface area contributed by atoms with E-state index in [4.69, 9.17) is 9.47 Å². The largest absolute Gasteiger partial charge is 0.472 e. The summed E-state index contributed by atoms with van der Waals surface area (Å²) in [6.45, 7) is 1.15. The zero-order valence-corrected chi connectivity index (χ0v) is 19.4. The van der Waals surface area contributed by atoms with Gasteiger partial charge in [0.2, 0.25) is 5.88 Å². The summed E-state index contributed by atoms with van der Waals surface area (Å²) < 4.78 is 15.0. The van der Waals surface area contributed by atoms with Crippen LogP contribution < -0.4 is 10.1 Å². The van der Waals surface area contributed by atoms with E-state index in [1.54, 1.807) is 6.20 Å². The Morgan fingerprint density at radius 1 is 1.27 bits per heavy atom. The number of halogens is 1. The highest BCUT2D eigenvalue weighted by molar-refractivity contribution is 9.10. The molecule has 0 amide bonds. The molecule has 3 heterocycles. The van der Waals surface area contributed by atoms with E-state index >= 15 is 0 Å². The van der Waals surface area contributed by atoms with Gasteiger partial charge in [-0.15, -0.1) is 0 Å². The Morgan fingerprint density at radius 3 is 2.80 bits per heavy atom. The van der Waals surface area contributed by atoms with Gasteiger partial charge in [0.05, 0.1) is 16.4 Å². The van der Waals surface area contributed by atoms with E-state index in [1.165, 1.54) is 11.8 Å². The normalized spacial score (nSPS) is 16.4. The van der Waals surface area contributed by atoms with Crippen LogP contribution in [0, 0.1) is 0 Å². The van der Waals surface area contributed by atoms with E-state index in [0.717, 1.165) is 47.2 Å². The van der Waals surface area contributed by atoms with Gasteiger partial charge >= 0.3 is 0 Å². The van der Waals surface area contributed by atoms with E-state index in [1.807, 2.05) is 48.3 Å². The van der Waals surface area contributed by atoms with Gasteiger partial charge in [0.1, 0.15) is 18.0 Å². The molecule has 158 valence electrons. The van der Waals surface area contributed by atoms with Crippen LogP contribution in [0.5, 0.6) is 5.88 Å². The zero-order chi connectivity index (χ0) is 20.9. The summed E-state index contributed by atoms with van der Waals surface area (Å²) in [5.41, 5.74) is 2.69. The van der Waals surface area contributed by atoms with Crippen molar-refractivity contribution in [1.82, 2.24) is 19.7 Å². The lowest BCUT2D eigenvalue weighted by molar-refractivity contribution is -0.0384. The van der Waals surface area contributed by atoms with Crippen LogP contribution in [0.2, 0.25) is 0 Å². The lowest BCUT2D eigenvalue weighted by Crippen LogP contribution is -2.20. The number of aromatic nitrogens is 4. The first-order valence-corrected chi connectivity index (χ1v) is 11.9. The second kappa shape index (κ2) is 9.80. The molecule has 1 N–H and O–H groups in total. The van der Waals surface area contributed by atoms with Gasteiger partial charge in [-0.3, -0.25) is 0 Å². The summed E-state index contributed by atoms with van der Waals surface area (Å²) >= 11 is 5.14. The van der Waals surface area contributed by atoms with Crippen LogP contribution in [0.4, 0.5) is 5.82 Å². The van der Waals surface area contributed by atoms with Gasteiger partial charge in [-0.2, -0.15) is 10.1 Å². The molecule has 4 rings (SSSR count). The van der Waals surface area contributed by atoms with Gasteiger partial charge < -0.3 is 14.8 Å². The fourth-order valence-electron chi connectivity index (χ4n) is 3.45. The molecule has 1 fully saturated rings. The molecule has 0 saturated carbocycles. The Hall–Kier alpha value is -2.10. The molecule has 1 unspecified atom stereocenters. The smallest absolute Gasteiger partial charge is 0.229 e. The summed E-state index contributed by atoms with van der Waals surface area (Å²) in [5.74, 6) is 1.21. The van der Waals surface area contributed by atoms with Gasteiger partial charge in [0, 0.05) is 13.7 Å².